The van der Waals surface area contributed by atoms with Crippen molar-refractivity contribution in [2.75, 3.05) is 11.9 Å². The summed E-state index contributed by atoms with van der Waals surface area (Å²) < 4.78 is 4.81. The first kappa shape index (κ1) is 11.0. The van der Waals surface area contributed by atoms with E-state index in [1.807, 2.05) is 0 Å². The number of hydrogen-bond donors (Lipinski definition) is 2. The topological polar surface area (TPSA) is 114 Å². The van der Waals surface area contributed by atoms with Gasteiger partial charge in [-0.15, -0.1) is 0 Å². The van der Waals surface area contributed by atoms with Crippen LogP contribution in [0.15, 0.2) is 23.2 Å². The average Bonchev–Trinajstić information content (AvgIpc) is 2.83. The third kappa shape index (κ3) is 2.97. The van der Waals surface area contributed by atoms with Gasteiger partial charge in [0.15, 0.2) is 12.0 Å². The fourth-order valence-electron chi connectivity index (χ4n) is 1.13. The molecule has 0 aliphatic rings. The minimum atomic E-state index is -1.10. The second-order valence-electron chi connectivity index (χ2n) is 3.10. The number of hydrogen-bond acceptors (Lipinski definition) is 7. The fraction of sp³-hybridized carbons (Fsp3) is 0.222. The van der Waals surface area contributed by atoms with Crippen LogP contribution in [-0.4, -0.2) is 37.7 Å². The van der Waals surface area contributed by atoms with Gasteiger partial charge in [-0.05, 0) is 0 Å². The standard InChI is InChI=1S/C9H9N5O3/c15-9(16)6-3-12-7(4-11-6)10-2-1-8-13-5-14-17-8/h3-5H,1-2H2,(H,10,12)(H,15,16). The summed E-state index contributed by atoms with van der Waals surface area (Å²) in [7, 11) is 0. The van der Waals surface area contributed by atoms with Crippen molar-refractivity contribution in [2.24, 2.45) is 0 Å². The molecule has 0 aliphatic carbocycles. The first-order valence-electron chi connectivity index (χ1n) is 4.80. The van der Waals surface area contributed by atoms with Crippen molar-refractivity contribution in [3.05, 3.63) is 30.3 Å². The van der Waals surface area contributed by atoms with E-state index in [0.29, 0.717) is 24.7 Å². The van der Waals surface area contributed by atoms with Crippen molar-refractivity contribution in [3.8, 4) is 0 Å². The van der Waals surface area contributed by atoms with Gasteiger partial charge in [-0.1, -0.05) is 5.16 Å². The largest absolute Gasteiger partial charge is 0.476 e. The van der Waals surface area contributed by atoms with Crippen LogP contribution in [0.3, 0.4) is 0 Å². The number of aromatic nitrogens is 4. The Morgan fingerprint density at radius 2 is 2.24 bits per heavy atom. The van der Waals surface area contributed by atoms with Crippen LogP contribution in [0.5, 0.6) is 0 Å². The average molecular weight is 235 g/mol. The maximum absolute atomic E-state index is 10.5. The van der Waals surface area contributed by atoms with E-state index in [1.54, 1.807) is 0 Å². The minimum Gasteiger partial charge on any atom is -0.476 e. The van der Waals surface area contributed by atoms with Crippen molar-refractivity contribution >= 4 is 11.8 Å². The normalized spacial score (nSPS) is 10.1. The zero-order chi connectivity index (χ0) is 12.1. The minimum absolute atomic E-state index is 0.0903. The Kier molecular flexibility index (Phi) is 3.24. The zero-order valence-electron chi connectivity index (χ0n) is 8.70. The van der Waals surface area contributed by atoms with Gasteiger partial charge in [0.05, 0.1) is 12.4 Å². The molecule has 0 spiro atoms. The second-order valence-corrected chi connectivity index (χ2v) is 3.10. The van der Waals surface area contributed by atoms with Crippen molar-refractivity contribution in [1.82, 2.24) is 20.1 Å². The molecule has 0 saturated carbocycles. The lowest BCUT2D eigenvalue weighted by Gasteiger charge is -2.02. The van der Waals surface area contributed by atoms with Gasteiger partial charge in [0.1, 0.15) is 5.82 Å². The van der Waals surface area contributed by atoms with Crippen LogP contribution < -0.4 is 5.32 Å². The predicted octanol–water partition coefficient (Wildman–Crippen LogP) is 0.212. The molecular weight excluding hydrogens is 226 g/mol. The van der Waals surface area contributed by atoms with Crippen molar-refractivity contribution < 1.29 is 14.4 Å². The first-order valence-corrected chi connectivity index (χ1v) is 4.80. The zero-order valence-corrected chi connectivity index (χ0v) is 8.70. The van der Waals surface area contributed by atoms with Gasteiger partial charge in [-0.3, -0.25) is 0 Å². The van der Waals surface area contributed by atoms with Gasteiger partial charge in [-0.25, -0.2) is 14.8 Å². The van der Waals surface area contributed by atoms with E-state index in [1.165, 1.54) is 18.7 Å². The van der Waals surface area contributed by atoms with Crippen molar-refractivity contribution in [2.45, 2.75) is 6.42 Å². The molecule has 88 valence electrons. The molecule has 2 heterocycles. The second kappa shape index (κ2) is 5.01. The molecular formula is C9H9N5O3. The van der Waals surface area contributed by atoms with E-state index in [9.17, 15) is 4.79 Å². The molecule has 2 aromatic rings. The van der Waals surface area contributed by atoms with E-state index in [-0.39, 0.29) is 5.69 Å². The van der Waals surface area contributed by atoms with Crippen molar-refractivity contribution in [3.63, 3.8) is 0 Å². The summed E-state index contributed by atoms with van der Waals surface area (Å²) in [6.45, 7) is 0.545. The first-order chi connectivity index (χ1) is 8.25. The Morgan fingerprint density at radius 1 is 1.35 bits per heavy atom. The number of carboxylic acids is 1. The maximum Gasteiger partial charge on any atom is 0.356 e. The highest BCUT2D eigenvalue weighted by molar-refractivity contribution is 5.84. The Morgan fingerprint density at radius 3 is 2.82 bits per heavy atom. The lowest BCUT2D eigenvalue weighted by Crippen LogP contribution is -2.08. The monoisotopic (exact) mass is 235 g/mol. The highest BCUT2D eigenvalue weighted by Gasteiger charge is 2.04. The van der Waals surface area contributed by atoms with Crippen LogP contribution in [-0.2, 0) is 6.42 Å². The van der Waals surface area contributed by atoms with Crippen LogP contribution in [0.4, 0.5) is 5.82 Å². The molecule has 8 nitrogen and oxygen atoms in total. The van der Waals surface area contributed by atoms with Gasteiger partial charge in [0.25, 0.3) is 0 Å². The van der Waals surface area contributed by atoms with Gasteiger partial charge in [0.2, 0.25) is 5.89 Å². The van der Waals surface area contributed by atoms with E-state index < -0.39 is 5.97 Å². The summed E-state index contributed by atoms with van der Waals surface area (Å²) in [5.74, 6) is -0.0861. The van der Waals surface area contributed by atoms with Crippen LogP contribution in [0.2, 0.25) is 0 Å². The molecule has 0 saturated heterocycles. The molecule has 2 aromatic heterocycles. The number of carboxylic acid groups (broad SMARTS) is 1. The lowest BCUT2D eigenvalue weighted by molar-refractivity contribution is 0.0690. The third-order valence-electron chi connectivity index (χ3n) is 1.92. The smallest absolute Gasteiger partial charge is 0.356 e. The molecule has 2 N–H and O–H groups in total. The number of anilines is 1. The van der Waals surface area contributed by atoms with E-state index in [2.05, 4.69) is 25.4 Å². The number of carbonyl (C=O) groups is 1. The molecule has 0 bridgehead atoms. The van der Waals surface area contributed by atoms with Gasteiger partial charge in [0, 0.05) is 13.0 Å². The number of rotatable bonds is 5. The maximum atomic E-state index is 10.5. The molecule has 8 heteroatoms. The third-order valence-corrected chi connectivity index (χ3v) is 1.92. The summed E-state index contributed by atoms with van der Waals surface area (Å²) >= 11 is 0. The Labute approximate surface area is 95.7 Å². The SMILES string of the molecule is O=C(O)c1cnc(NCCc2ncno2)cn1. The highest BCUT2D eigenvalue weighted by atomic mass is 16.5. The van der Waals surface area contributed by atoms with E-state index in [0.717, 1.165) is 0 Å². The summed E-state index contributed by atoms with van der Waals surface area (Å²) in [4.78, 5) is 22.0. The lowest BCUT2D eigenvalue weighted by atomic mass is 10.4. The van der Waals surface area contributed by atoms with Gasteiger partial charge < -0.3 is 14.9 Å². The summed E-state index contributed by atoms with van der Waals surface area (Å²) in [6, 6.07) is 0. The summed E-state index contributed by atoms with van der Waals surface area (Å²) in [5, 5.41) is 15.1. The fourth-order valence-corrected chi connectivity index (χ4v) is 1.13. The number of nitrogens with zero attached hydrogens (tertiary/aromatic N) is 4. The predicted molar refractivity (Wildman–Crippen MR) is 55.5 cm³/mol. The molecule has 0 aliphatic heterocycles. The molecule has 0 fully saturated rings. The quantitative estimate of drug-likeness (QED) is 0.755. The number of aromatic carboxylic acids is 1. The molecule has 0 unspecified atom stereocenters. The molecule has 0 amide bonds. The number of nitrogens with one attached hydrogen (secondary N) is 1. The highest BCUT2D eigenvalue weighted by Crippen LogP contribution is 2.01. The molecule has 0 aromatic carbocycles. The van der Waals surface area contributed by atoms with Gasteiger partial charge >= 0.3 is 5.97 Å². The van der Waals surface area contributed by atoms with Crippen LogP contribution in [0.1, 0.15) is 16.4 Å². The van der Waals surface area contributed by atoms with Crippen LogP contribution >= 0.6 is 0 Å². The molecule has 2 rings (SSSR count). The molecule has 17 heavy (non-hydrogen) atoms. The van der Waals surface area contributed by atoms with Crippen molar-refractivity contribution in [1.29, 1.82) is 0 Å². The molecule has 0 radical (unpaired) electrons. The summed E-state index contributed by atoms with van der Waals surface area (Å²) in [5.41, 5.74) is -0.0903. The Balaban J connectivity index is 1.85. The summed E-state index contributed by atoms with van der Waals surface area (Å²) in [6.07, 6.45) is 4.44. The van der Waals surface area contributed by atoms with Gasteiger partial charge in [-0.2, -0.15) is 4.98 Å². The van der Waals surface area contributed by atoms with E-state index >= 15 is 0 Å². The Hall–Kier alpha value is -2.51. The van der Waals surface area contributed by atoms with E-state index in [4.69, 9.17) is 9.63 Å². The molecule has 0 atom stereocenters. The van der Waals surface area contributed by atoms with Crippen LogP contribution in [0, 0.1) is 0 Å². The van der Waals surface area contributed by atoms with Crippen LogP contribution in [0.25, 0.3) is 0 Å². The Bertz CT molecular complexity index is 482.